The predicted molar refractivity (Wildman–Crippen MR) is 57.4 cm³/mol. The van der Waals surface area contributed by atoms with Crippen LogP contribution in [0.3, 0.4) is 0 Å². The molecule has 0 radical (unpaired) electrons. The first-order chi connectivity index (χ1) is 4.77. The zero-order chi connectivity index (χ0) is 9.12. The molecule has 5 heteroatoms. The molecule has 0 rings (SSSR count). The van der Waals surface area contributed by atoms with Crippen molar-refractivity contribution in [3.05, 3.63) is 0 Å². The van der Waals surface area contributed by atoms with Crippen LogP contribution in [0.2, 0.25) is 39.3 Å². The molecular weight excluding hydrogens is 188 g/mol. The molecule has 0 fully saturated rings. The van der Waals surface area contributed by atoms with Crippen molar-refractivity contribution in [1.82, 2.24) is 0 Å². The van der Waals surface area contributed by atoms with E-state index in [0.29, 0.717) is 0 Å². The molecule has 0 N–H and O–H groups in total. The van der Waals surface area contributed by atoms with Crippen LogP contribution in [0.15, 0.2) is 0 Å². The maximum atomic E-state index is 5.96. The SMILES string of the molecule is C[SiH2]O[Si](C)(C)O[Si](C)(C)C. The highest BCUT2D eigenvalue weighted by molar-refractivity contribution is 6.82. The van der Waals surface area contributed by atoms with E-state index in [1.807, 2.05) is 0 Å². The second-order valence-electron chi connectivity index (χ2n) is 4.05. The van der Waals surface area contributed by atoms with Crippen molar-refractivity contribution in [2.75, 3.05) is 0 Å². The van der Waals surface area contributed by atoms with Crippen LogP contribution in [0.5, 0.6) is 0 Å². The lowest BCUT2D eigenvalue weighted by Crippen LogP contribution is -2.45. The fourth-order valence-electron chi connectivity index (χ4n) is 1.11. The molecule has 0 aliphatic rings. The van der Waals surface area contributed by atoms with E-state index in [0.717, 1.165) is 0 Å². The topological polar surface area (TPSA) is 18.5 Å². The Balaban J connectivity index is 3.91. The van der Waals surface area contributed by atoms with E-state index in [2.05, 4.69) is 39.3 Å². The van der Waals surface area contributed by atoms with Crippen molar-refractivity contribution >= 4 is 26.6 Å². The molecule has 11 heavy (non-hydrogen) atoms. The second-order valence-corrected chi connectivity index (χ2v) is 13.6. The zero-order valence-corrected chi connectivity index (χ0v) is 11.9. The first-order valence-electron chi connectivity index (χ1n) is 4.11. The monoisotopic (exact) mass is 208 g/mol. The van der Waals surface area contributed by atoms with E-state index in [4.69, 9.17) is 8.23 Å². The summed E-state index contributed by atoms with van der Waals surface area (Å²) in [5.74, 6) is 0. The van der Waals surface area contributed by atoms with Gasteiger partial charge in [0.05, 0.1) is 0 Å². The summed E-state index contributed by atoms with van der Waals surface area (Å²) >= 11 is 0. The van der Waals surface area contributed by atoms with Crippen molar-refractivity contribution in [1.29, 1.82) is 0 Å². The van der Waals surface area contributed by atoms with Crippen molar-refractivity contribution in [2.45, 2.75) is 39.3 Å². The van der Waals surface area contributed by atoms with Gasteiger partial charge in [-0.3, -0.25) is 0 Å². The molecule has 0 aromatic heterocycles. The molecule has 0 atom stereocenters. The van der Waals surface area contributed by atoms with Crippen molar-refractivity contribution < 1.29 is 8.23 Å². The maximum absolute atomic E-state index is 5.96. The summed E-state index contributed by atoms with van der Waals surface area (Å²) in [6.45, 7) is 13.1. The van der Waals surface area contributed by atoms with Crippen LogP contribution < -0.4 is 0 Å². The van der Waals surface area contributed by atoms with Crippen LogP contribution in [-0.2, 0) is 8.23 Å². The summed E-state index contributed by atoms with van der Waals surface area (Å²) in [6.07, 6.45) is 0. The minimum atomic E-state index is -1.72. The van der Waals surface area contributed by atoms with Gasteiger partial charge in [-0.05, 0) is 32.7 Å². The minimum Gasteiger partial charge on any atom is -0.442 e. The van der Waals surface area contributed by atoms with Gasteiger partial charge in [-0.2, -0.15) is 0 Å². The van der Waals surface area contributed by atoms with E-state index < -0.39 is 16.9 Å². The summed E-state index contributed by atoms with van der Waals surface area (Å²) in [7, 11) is -3.39. The van der Waals surface area contributed by atoms with Gasteiger partial charge in [-0.25, -0.2) is 0 Å². The van der Waals surface area contributed by atoms with E-state index in [1.165, 1.54) is 0 Å². The highest BCUT2D eigenvalue weighted by atomic mass is 28.5. The third kappa shape index (κ3) is 6.95. The Hall–Kier alpha value is 0.571. The van der Waals surface area contributed by atoms with Crippen LogP contribution in [0.1, 0.15) is 0 Å². The van der Waals surface area contributed by atoms with Gasteiger partial charge in [-0.1, -0.05) is 6.55 Å². The molecule has 0 aromatic rings. The van der Waals surface area contributed by atoms with Gasteiger partial charge in [0, 0.05) is 0 Å². The fraction of sp³-hybridized carbons (Fsp3) is 1.00. The van der Waals surface area contributed by atoms with Gasteiger partial charge in [-0.15, -0.1) is 0 Å². The normalized spacial score (nSPS) is 14.7. The van der Waals surface area contributed by atoms with Crippen molar-refractivity contribution in [3.63, 3.8) is 0 Å². The molecule has 68 valence electrons. The molecule has 0 heterocycles. The molecule has 2 nitrogen and oxygen atoms in total. The van der Waals surface area contributed by atoms with Crippen LogP contribution in [-0.4, -0.2) is 26.6 Å². The molecule has 0 bridgehead atoms. The molecule has 0 spiro atoms. The molecule has 0 amide bonds. The van der Waals surface area contributed by atoms with Gasteiger partial charge < -0.3 is 8.23 Å². The second kappa shape index (κ2) is 3.99. The lowest BCUT2D eigenvalue weighted by atomic mass is 11.8. The van der Waals surface area contributed by atoms with Crippen LogP contribution >= 0.6 is 0 Å². The summed E-state index contributed by atoms with van der Waals surface area (Å²) in [6, 6.07) is 0. The molecule has 0 saturated heterocycles. The Bertz CT molecular complexity index is 119. The summed E-state index contributed by atoms with van der Waals surface area (Å²) < 4.78 is 11.7. The molecule has 0 aliphatic carbocycles. The van der Waals surface area contributed by atoms with Gasteiger partial charge in [0.25, 0.3) is 0 Å². The summed E-state index contributed by atoms with van der Waals surface area (Å²) in [4.78, 5) is 0. The lowest BCUT2D eigenvalue weighted by molar-refractivity contribution is 0.412. The van der Waals surface area contributed by atoms with Crippen LogP contribution in [0.25, 0.3) is 0 Å². The average Bonchev–Trinajstić information content (AvgIpc) is 1.55. The number of hydrogen-bond donors (Lipinski definition) is 0. The first kappa shape index (κ1) is 11.6. The third-order valence-electron chi connectivity index (χ3n) is 1.04. The molecule has 0 saturated carbocycles. The largest absolute Gasteiger partial charge is 0.442 e. The highest BCUT2D eigenvalue weighted by Gasteiger charge is 2.30. The Kier molecular flexibility index (Phi) is 4.20. The Morgan fingerprint density at radius 3 is 1.73 bits per heavy atom. The van der Waals surface area contributed by atoms with Gasteiger partial charge in [0.2, 0.25) is 0 Å². The maximum Gasteiger partial charge on any atom is 0.310 e. The van der Waals surface area contributed by atoms with Crippen LogP contribution in [0, 0.1) is 0 Å². The van der Waals surface area contributed by atoms with Crippen LogP contribution in [0.4, 0.5) is 0 Å². The van der Waals surface area contributed by atoms with Gasteiger partial charge in [0.1, 0.15) is 9.76 Å². The Morgan fingerprint density at radius 2 is 1.45 bits per heavy atom. The van der Waals surface area contributed by atoms with E-state index >= 15 is 0 Å². The molecule has 0 aromatic carbocycles. The summed E-state index contributed by atoms with van der Waals surface area (Å²) in [5.41, 5.74) is 0. The lowest BCUT2D eigenvalue weighted by Gasteiger charge is -2.30. The molecular formula is C6H20O2Si3. The first-order valence-corrected chi connectivity index (χ1v) is 12.3. The molecule has 0 aliphatic heterocycles. The Morgan fingerprint density at radius 1 is 1.00 bits per heavy atom. The minimum absolute atomic E-state index is 0.300. The summed E-state index contributed by atoms with van der Waals surface area (Å²) in [5, 5.41) is 0. The standard InChI is InChI=1S/C6H20O2Si3/c1-9-7-11(5,6)8-10(2,3)4/h9H2,1-6H3. The third-order valence-corrected chi connectivity index (χ3v) is 9.40. The van der Waals surface area contributed by atoms with Gasteiger partial charge >= 0.3 is 8.56 Å². The number of hydrogen-bond acceptors (Lipinski definition) is 2. The Labute approximate surface area is 74.6 Å². The molecule has 0 unspecified atom stereocenters. The smallest absolute Gasteiger partial charge is 0.310 e. The van der Waals surface area contributed by atoms with Crippen molar-refractivity contribution in [3.8, 4) is 0 Å². The fourth-order valence-corrected chi connectivity index (χ4v) is 10.6. The van der Waals surface area contributed by atoms with Crippen molar-refractivity contribution in [2.24, 2.45) is 0 Å². The highest BCUT2D eigenvalue weighted by Crippen LogP contribution is 2.14. The average molecular weight is 208 g/mol. The van der Waals surface area contributed by atoms with Gasteiger partial charge in [0.15, 0.2) is 8.32 Å². The number of rotatable bonds is 4. The van der Waals surface area contributed by atoms with E-state index in [9.17, 15) is 0 Å². The zero-order valence-electron chi connectivity index (χ0n) is 8.52. The quantitative estimate of drug-likeness (QED) is 0.655. The predicted octanol–water partition coefficient (Wildman–Crippen LogP) is 1.69. The van der Waals surface area contributed by atoms with E-state index in [1.54, 1.807) is 0 Å². The van der Waals surface area contributed by atoms with E-state index in [-0.39, 0.29) is 9.76 Å².